The molecule has 0 aromatic carbocycles. The Labute approximate surface area is 86.6 Å². The Morgan fingerprint density at radius 3 is 2.43 bits per heavy atom. The molecule has 2 N–H and O–H groups in total. The van der Waals surface area contributed by atoms with Crippen LogP contribution in [0.15, 0.2) is 0 Å². The Morgan fingerprint density at radius 1 is 1.36 bits per heavy atom. The normalized spacial score (nSPS) is 19.0. The summed E-state index contributed by atoms with van der Waals surface area (Å²) in [5.41, 5.74) is 5.90. The quantitative estimate of drug-likeness (QED) is 0.741. The minimum absolute atomic E-state index is 0.0445. The van der Waals surface area contributed by atoms with Crippen LogP contribution in [0.25, 0.3) is 0 Å². The molecule has 1 heterocycles. The van der Waals surface area contributed by atoms with Crippen LogP contribution in [0.3, 0.4) is 0 Å². The number of carbonyl (C=O) groups excluding carboxylic acids is 1. The Bertz CT molecular complexity index is 186. The maximum Gasteiger partial charge on any atom is 0.224 e. The van der Waals surface area contributed by atoms with E-state index in [1.54, 1.807) is 0 Å². The number of hydrogen-bond donors (Lipinski definition) is 1. The predicted octanol–water partition coefficient (Wildman–Crippen LogP) is 1.37. The van der Waals surface area contributed by atoms with Crippen LogP contribution in [0.4, 0.5) is 0 Å². The fraction of sp³-hybridized carbons (Fsp3) is 0.909. The van der Waals surface area contributed by atoms with Crippen molar-refractivity contribution in [1.82, 2.24) is 4.90 Å². The predicted molar refractivity (Wildman–Crippen MR) is 57.9 cm³/mol. The molecule has 1 saturated heterocycles. The smallest absolute Gasteiger partial charge is 0.224 e. The number of likely N-dealkylation sites (tertiary alicyclic amines) is 1. The molecule has 1 aliphatic rings. The summed E-state index contributed by atoms with van der Waals surface area (Å²) in [7, 11) is 0. The first-order chi connectivity index (χ1) is 6.59. The summed E-state index contributed by atoms with van der Waals surface area (Å²) in [6.45, 7) is 6.15. The lowest BCUT2D eigenvalue weighted by atomic mass is 10.0. The number of rotatable bonds is 4. The minimum Gasteiger partial charge on any atom is -0.343 e. The van der Waals surface area contributed by atoms with Crippen molar-refractivity contribution in [1.29, 1.82) is 0 Å². The molecule has 1 aliphatic heterocycles. The van der Waals surface area contributed by atoms with E-state index in [0.29, 0.717) is 12.3 Å². The molecule has 14 heavy (non-hydrogen) atoms. The van der Waals surface area contributed by atoms with E-state index in [9.17, 15) is 4.79 Å². The van der Waals surface area contributed by atoms with Crippen LogP contribution in [0, 0.1) is 5.92 Å². The van der Waals surface area contributed by atoms with E-state index < -0.39 is 0 Å². The van der Waals surface area contributed by atoms with Crippen LogP contribution in [0.1, 0.15) is 39.5 Å². The van der Waals surface area contributed by atoms with Crippen molar-refractivity contribution in [2.45, 2.75) is 45.6 Å². The van der Waals surface area contributed by atoms with Gasteiger partial charge in [-0.1, -0.05) is 13.8 Å². The topological polar surface area (TPSA) is 46.3 Å². The number of amides is 1. The number of nitrogens with zero attached hydrogens (tertiary/aromatic N) is 1. The molecular formula is C11H22N2O. The molecule has 1 fully saturated rings. The SMILES string of the molecule is CC(C)CC(N)CC(=O)N1CCCC1. The lowest BCUT2D eigenvalue weighted by Crippen LogP contribution is -2.34. The van der Waals surface area contributed by atoms with Crippen molar-refractivity contribution in [2.24, 2.45) is 11.7 Å². The van der Waals surface area contributed by atoms with Gasteiger partial charge in [0.25, 0.3) is 0 Å². The van der Waals surface area contributed by atoms with E-state index in [-0.39, 0.29) is 11.9 Å². The van der Waals surface area contributed by atoms with Gasteiger partial charge in [0.2, 0.25) is 5.91 Å². The Morgan fingerprint density at radius 2 is 1.93 bits per heavy atom. The van der Waals surface area contributed by atoms with Gasteiger partial charge in [-0.3, -0.25) is 4.79 Å². The van der Waals surface area contributed by atoms with Gasteiger partial charge in [0, 0.05) is 25.6 Å². The molecule has 0 aliphatic carbocycles. The van der Waals surface area contributed by atoms with Gasteiger partial charge in [-0.2, -0.15) is 0 Å². The van der Waals surface area contributed by atoms with Crippen LogP contribution in [-0.4, -0.2) is 29.9 Å². The standard InChI is InChI=1S/C11H22N2O/c1-9(2)7-10(12)8-11(14)13-5-3-4-6-13/h9-10H,3-8,12H2,1-2H3. The van der Waals surface area contributed by atoms with E-state index in [1.165, 1.54) is 0 Å². The zero-order chi connectivity index (χ0) is 10.6. The van der Waals surface area contributed by atoms with Gasteiger partial charge in [-0.25, -0.2) is 0 Å². The van der Waals surface area contributed by atoms with Crippen LogP contribution in [0.5, 0.6) is 0 Å². The molecule has 0 bridgehead atoms. The summed E-state index contributed by atoms with van der Waals surface area (Å²) >= 11 is 0. The Balaban J connectivity index is 2.25. The third kappa shape index (κ3) is 3.66. The van der Waals surface area contributed by atoms with E-state index in [1.807, 2.05) is 4.90 Å². The molecule has 82 valence electrons. The fourth-order valence-electron chi connectivity index (χ4n) is 2.01. The second kappa shape index (κ2) is 5.35. The molecule has 0 saturated carbocycles. The van der Waals surface area contributed by atoms with Gasteiger partial charge in [0.15, 0.2) is 0 Å². The van der Waals surface area contributed by atoms with Crippen molar-refractivity contribution < 1.29 is 4.79 Å². The van der Waals surface area contributed by atoms with Crippen molar-refractivity contribution in [3.63, 3.8) is 0 Å². The summed E-state index contributed by atoms with van der Waals surface area (Å²) in [6.07, 6.45) is 3.79. The average molecular weight is 198 g/mol. The van der Waals surface area contributed by atoms with E-state index in [4.69, 9.17) is 5.73 Å². The van der Waals surface area contributed by atoms with Crippen LogP contribution in [0.2, 0.25) is 0 Å². The minimum atomic E-state index is 0.0445. The van der Waals surface area contributed by atoms with E-state index >= 15 is 0 Å². The highest BCUT2D eigenvalue weighted by Gasteiger charge is 2.20. The summed E-state index contributed by atoms with van der Waals surface area (Å²) in [6, 6.07) is 0.0445. The molecule has 3 heteroatoms. The molecule has 1 rings (SSSR count). The molecule has 1 unspecified atom stereocenters. The number of nitrogens with two attached hydrogens (primary N) is 1. The fourth-order valence-corrected chi connectivity index (χ4v) is 2.01. The Hall–Kier alpha value is -0.570. The third-order valence-corrected chi connectivity index (χ3v) is 2.67. The van der Waals surface area contributed by atoms with E-state index in [0.717, 1.165) is 32.4 Å². The number of carbonyl (C=O) groups is 1. The van der Waals surface area contributed by atoms with Crippen molar-refractivity contribution >= 4 is 5.91 Å². The van der Waals surface area contributed by atoms with Crippen LogP contribution < -0.4 is 5.73 Å². The first kappa shape index (κ1) is 11.5. The summed E-state index contributed by atoms with van der Waals surface area (Å²) in [4.78, 5) is 13.6. The van der Waals surface area contributed by atoms with E-state index in [2.05, 4.69) is 13.8 Å². The third-order valence-electron chi connectivity index (χ3n) is 2.67. The van der Waals surface area contributed by atoms with Gasteiger partial charge in [-0.05, 0) is 25.2 Å². The molecule has 3 nitrogen and oxygen atoms in total. The van der Waals surface area contributed by atoms with Crippen molar-refractivity contribution in [3.8, 4) is 0 Å². The highest BCUT2D eigenvalue weighted by molar-refractivity contribution is 5.77. The zero-order valence-electron chi connectivity index (χ0n) is 9.33. The molecule has 1 atom stereocenters. The van der Waals surface area contributed by atoms with Crippen LogP contribution in [-0.2, 0) is 4.79 Å². The maximum atomic E-state index is 11.7. The summed E-state index contributed by atoms with van der Waals surface area (Å²) in [5, 5.41) is 0. The second-order valence-electron chi connectivity index (χ2n) is 4.68. The highest BCUT2D eigenvalue weighted by Crippen LogP contribution is 2.12. The first-order valence-electron chi connectivity index (χ1n) is 5.63. The van der Waals surface area contributed by atoms with Gasteiger partial charge in [-0.15, -0.1) is 0 Å². The molecule has 0 aromatic rings. The Kier molecular flexibility index (Phi) is 4.39. The molecule has 0 aromatic heterocycles. The van der Waals surface area contributed by atoms with Crippen molar-refractivity contribution in [3.05, 3.63) is 0 Å². The van der Waals surface area contributed by atoms with Gasteiger partial charge in [0.05, 0.1) is 0 Å². The molecular weight excluding hydrogens is 176 g/mol. The largest absolute Gasteiger partial charge is 0.343 e. The second-order valence-corrected chi connectivity index (χ2v) is 4.68. The summed E-state index contributed by atoms with van der Waals surface area (Å²) in [5.74, 6) is 0.826. The first-order valence-corrected chi connectivity index (χ1v) is 5.63. The van der Waals surface area contributed by atoms with Gasteiger partial charge >= 0.3 is 0 Å². The van der Waals surface area contributed by atoms with Gasteiger partial charge in [0.1, 0.15) is 0 Å². The van der Waals surface area contributed by atoms with Crippen LogP contribution >= 0.6 is 0 Å². The maximum absolute atomic E-state index is 11.7. The zero-order valence-corrected chi connectivity index (χ0v) is 9.33. The molecule has 0 spiro atoms. The number of hydrogen-bond acceptors (Lipinski definition) is 2. The lowest BCUT2D eigenvalue weighted by molar-refractivity contribution is -0.130. The van der Waals surface area contributed by atoms with Crippen molar-refractivity contribution in [2.75, 3.05) is 13.1 Å². The molecule has 1 amide bonds. The molecule has 0 radical (unpaired) electrons. The highest BCUT2D eigenvalue weighted by atomic mass is 16.2. The average Bonchev–Trinajstić information content (AvgIpc) is 2.53. The summed E-state index contributed by atoms with van der Waals surface area (Å²) < 4.78 is 0. The lowest BCUT2D eigenvalue weighted by Gasteiger charge is -2.19. The monoisotopic (exact) mass is 198 g/mol. The van der Waals surface area contributed by atoms with Gasteiger partial charge < -0.3 is 10.6 Å².